The molecule has 2 atom stereocenters. The lowest BCUT2D eigenvalue weighted by Gasteiger charge is -2.49. The van der Waals surface area contributed by atoms with Crippen molar-refractivity contribution in [3.05, 3.63) is 42.5 Å². The molecule has 0 radical (unpaired) electrons. The van der Waals surface area contributed by atoms with E-state index in [1.54, 1.807) is 0 Å². The van der Waals surface area contributed by atoms with Crippen LogP contribution in [0.3, 0.4) is 0 Å². The summed E-state index contributed by atoms with van der Waals surface area (Å²) in [5.41, 5.74) is 2.41. The van der Waals surface area contributed by atoms with E-state index in [2.05, 4.69) is 0 Å². The average Bonchev–Trinajstić information content (AvgIpc) is 2.73. The molecule has 1 aliphatic rings. The maximum atomic E-state index is 11.6. The number of ether oxygens (including phenoxy) is 1. The molecule has 160 valence electrons. The van der Waals surface area contributed by atoms with Crippen molar-refractivity contribution in [2.75, 3.05) is 0 Å². The molecule has 0 spiro atoms. The summed E-state index contributed by atoms with van der Waals surface area (Å²) in [7, 11) is -2.25. The minimum Gasteiger partial charge on any atom is -0.459 e. The van der Waals surface area contributed by atoms with Gasteiger partial charge in [-0.05, 0) is 12.8 Å². The maximum absolute atomic E-state index is 11.6. The van der Waals surface area contributed by atoms with Gasteiger partial charge in [0.05, 0.1) is 39.5 Å². The Morgan fingerprint density at radius 3 is 1.86 bits per heavy atom. The van der Waals surface area contributed by atoms with E-state index >= 15 is 0 Å². The van der Waals surface area contributed by atoms with Gasteiger partial charge in [-0.15, -0.1) is 11.6 Å². The molecular weight excluding hydrogens is 424 g/mol. The molecule has 0 amide bonds. The predicted molar refractivity (Wildman–Crippen MR) is 109 cm³/mol. The van der Waals surface area contributed by atoms with Gasteiger partial charge < -0.3 is 4.74 Å². The standard InChI is InChI=1S/C16H23ClN4O7Si/c1-29(2,3)15(17)7-5-4-6-8-16(15,18)28-14-12(20(24)25)9-11(19(22)23)10-13(14)21(26)27/h9-10H,4-8,18H2,1-3H3. The van der Waals surface area contributed by atoms with E-state index in [9.17, 15) is 30.3 Å². The van der Waals surface area contributed by atoms with Gasteiger partial charge in [0.1, 0.15) is 0 Å². The first kappa shape index (κ1) is 23.0. The fourth-order valence-electron chi connectivity index (χ4n) is 3.73. The number of rotatable bonds is 6. The molecular formula is C16H23ClN4O7Si. The van der Waals surface area contributed by atoms with Gasteiger partial charge in [0.15, 0.2) is 5.72 Å². The van der Waals surface area contributed by atoms with Gasteiger partial charge in [-0.25, -0.2) is 0 Å². The molecule has 0 bridgehead atoms. The summed E-state index contributed by atoms with van der Waals surface area (Å²) in [6.07, 6.45) is 2.97. The van der Waals surface area contributed by atoms with Crippen LogP contribution < -0.4 is 10.5 Å². The van der Waals surface area contributed by atoms with E-state index in [0.717, 1.165) is 12.8 Å². The first-order valence-corrected chi connectivity index (χ1v) is 12.9. The van der Waals surface area contributed by atoms with Gasteiger partial charge in [-0.3, -0.25) is 36.1 Å². The molecule has 1 aromatic rings. The second kappa shape index (κ2) is 7.84. The van der Waals surface area contributed by atoms with Gasteiger partial charge in [0, 0.05) is 6.42 Å². The van der Waals surface area contributed by atoms with Crippen LogP contribution in [-0.4, -0.2) is 33.1 Å². The van der Waals surface area contributed by atoms with Crippen LogP contribution in [0.5, 0.6) is 5.75 Å². The van der Waals surface area contributed by atoms with Crippen molar-refractivity contribution in [2.24, 2.45) is 5.73 Å². The third kappa shape index (κ3) is 4.18. The number of nitrogens with two attached hydrogens (primary N) is 1. The molecule has 0 aliphatic heterocycles. The fourth-order valence-corrected chi connectivity index (χ4v) is 6.37. The minimum absolute atomic E-state index is 0.242. The Bertz CT molecular complexity index is 827. The highest BCUT2D eigenvalue weighted by molar-refractivity contribution is 6.86. The van der Waals surface area contributed by atoms with Gasteiger partial charge in [-0.2, -0.15) is 0 Å². The monoisotopic (exact) mass is 446 g/mol. The molecule has 1 fully saturated rings. The number of nitrogens with zero attached hydrogens (tertiary/aromatic N) is 3. The molecule has 2 unspecified atom stereocenters. The zero-order valence-corrected chi connectivity index (χ0v) is 18.1. The first-order chi connectivity index (χ1) is 13.2. The molecule has 0 aromatic heterocycles. The number of hydrogen-bond acceptors (Lipinski definition) is 8. The number of halogens is 1. The van der Waals surface area contributed by atoms with Crippen molar-refractivity contribution >= 4 is 36.7 Å². The molecule has 1 saturated carbocycles. The van der Waals surface area contributed by atoms with Gasteiger partial charge in [-0.1, -0.05) is 32.5 Å². The fraction of sp³-hybridized carbons (Fsp3) is 0.625. The van der Waals surface area contributed by atoms with Crippen molar-refractivity contribution in [1.29, 1.82) is 0 Å². The number of benzene rings is 1. The zero-order chi connectivity index (χ0) is 22.2. The summed E-state index contributed by atoms with van der Waals surface area (Å²) in [6.45, 7) is 5.94. The Morgan fingerprint density at radius 1 is 0.966 bits per heavy atom. The van der Waals surface area contributed by atoms with Gasteiger partial charge in [0.25, 0.3) is 11.4 Å². The van der Waals surface area contributed by atoms with E-state index in [0.29, 0.717) is 25.0 Å². The van der Waals surface area contributed by atoms with Crippen molar-refractivity contribution in [1.82, 2.24) is 0 Å². The van der Waals surface area contributed by atoms with Gasteiger partial charge >= 0.3 is 11.4 Å². The van der Waals surface area contributed by atoms with Gasteiger partial charge in [0.2, 0.25) is 0 Å². The van der Waals surface area contributed by atoms with Crippen molar-refractivity contribution in [2.45, 2.75) is 62.0 Å². The van der Waals surface area contributed by atoms with Crippen molar-refractivity contribution in [3.63, 3.8) is 0 Å². The second-order valence-electron chi connectivity index (χ2n) is 8.19. The second-order valence-corrected chi connectivity index (χ2v) is 14.5. The number of nitro benzene ring substituents is 3. The van der Waals surface area contributed by atoms with Crippen molar-refractivity contribution in [3.8, 4) is 5.75 Å². The molecule has 1 aliphatic carbocycles. The molecule has 11 nitrogen and oxygen atoms in total. The highest BCUT2D eigenvalue weighted by Gasteiger charge is 2.58. The van der Waals surface area contributed by atoms with Crippen LogP contribution in [0.25, 0.3) is 0 Å². The molecule has 0 saturated heterocycles. The highest BCUT2D eigenvalue weighted by Crippen LogP contribution is 2.50. The minimum atomic E-state index is -2.25. The predicted octanol–water partition coefficient (Wildman–Crippen LogP) is 4.26. The molecule has 2 N–H and O–H groups in total. The molecule has 1 aromatic carbocycles. The SMILES string of the molecule is C[Si](C)(C)C1(Cl)CCCCCC1(N)Oc1c([N+](=O)[O-])cc([N+](=O)[O-])cc1[N+](=O)[O-]. The lowest BCUT2D eigenvalue weighted by atomic mass is 10.0. The number of nitro groups is 3. The summed E-state index contributed by atoms with van der Waals surface area (Å²) in [4.78, 5) is 31.3. The summed E-state index contributed by atoms with van der Waals surface area (Å²) >= 11 is 7.02. The van der Waals surface area contributed by atoms with Crippen LogP contribution in [0, 0.1) is 30.3 Å². The number of alkyl halides is 1. The van der Waals surface area contributed by atoms with Crippen LogP contribution in [-0.2, 0) is 0 Å². The summed E-state index contributed by atoms with van der Waals surface area (Å²) in [6, 6.07) is 1.26. The molecule has 13 heteroatoms. The maximum Gasteiger partial charge on any atom is 0.325 e. The van der Waals surface area contributed by atoms with Crippen LogP contribution in [0.1, 0.15) is 32.1 Å². The third-order valence-corrected chi connectivity index (χ3v) is 10.6. The quantitative estimate of drug-likeness (QED) is 0.169. The zero-order valence-electron chi connectivity index (χ0n) is 16.3. The lowest BCUT2D eigenvalue weighted by Crippen LogP contribution is -2.70. The van der Waals surface area contributed by atoms with E-state index in [1.807, 2.05) is 19.6 Å². The Morgan fingerprint density at radius 2 is 1.45 bits per heavy atom. The van der Waals surface area contributed by atoms with E-state index in [-0.39, 0.29) is 6.42 Å². The van der Waals surface area contributed by atoms with E-state index < -0.39 is 55.9 Å². The third-order valence-electron chi connectivity index (χ3n) is 5.35. The average molecular weight is 447 g/mol. The smallest absolute Gasteiger partial charge is 0.325 e. The lowest BCUT2D eigenvalue weighted by molar-refractivity contribution is -0.405. The molecule has 2 rings (SSSR count). The Labute approximate surface area is 172 Å². The largest absolute Gasteiger partial charge is 0.459 e. The first-order valence-electron chi connectivity index (χ1n) is 9.01. The summed E-state index contributed by atoms with van der Waals surface area (Å²) in [5, 5.41) is 34.2. The van der Waals surface area contributed by atoms with Crippen LogP contribution in [0.15, 0.2) is 12.1 Å². The summed E-state index contributed by atoms with van der Waals surface area (Å²) < 4.78 is 4.80. The van der Waals surface area contributed by atoms with Crippen LogP contribution in [0.2, 0.25) is 19.6 Å². The molecule has 29 heavy (non-hydrogen) atoms. The topological polar surface area (TPSA) is 165 Å². The van der Waals surface area contributed by atoms with Crippen molar-refractivity contribution < 1.29 is 19.5 Å². The summed E-state index contributed by atoms with van der Waals surface area (Å²) in [5.74, 6) is -0.710. The van der Waals surface area contributed by atoms with Crippen LogP contribution in [0.4, 0.5) is 17.1 Å². The Hall–Kier alpha value is -2.31. The number of hydrogen-bond donors (Lipinski definition) is 1. The van der Waals surface area contributed by atoms with Crippen LogP contribution >= 0.6 is 11.6 Å². The highest BCUT2D eigenvalue weighted by atomic mass is 35.5. The Balaban J connectivity index is 2.74. The normalized spacial score (nSPS) is 25.1. The van der Waals surface area contributed by atoms with E-state index in [4.69, 9.17) is 22.1 Å². The number of non-ortho nitro benzene ring substituents is 1. The van der Waals surface area contributed by atoms with E-state index in [1.165, 1.54) is 0 Å². The Kier molecular flexibility index (Phi) is 6.21. The molecule has 0 heterocycles.